The van der Waals surface area contributed by atoms with Gasteiger partial charge in [0.1, 0.15) is 6.10 Å². The van der Waals surface area contributed by atoms with Gasteiger partial charge in [0.2, 0.25) is 5.88 Å². The summed E-state index contributed by atoms with van der Waals surface area (Å²) in [5.74, 6) is 0.631. The van der Waals surface area contributed by atoms with Crippen LogP contribution < -0.4 is 10.1 Å². The third-order valence-corrected chi connectivity index (χ3v) is 2.41. The van der Waals surface area contributed by atoms with E-state index in [1.54, 1.807) is 6.20 Å². The third-order valence-electron chi connectivity index (χ3n) is 2.41. The number of nitrogens with one attached hydrogen (secondary N) is 1. The normalized spacial score (nSPS) is 27.2. The fraction of sp³-hybridized carbons (Fsp3) is 0.600. The number of nitrogens with zero attached hydrogens (tertiary/aromatic N) is 2. The summed E-state index contributed by atoms with van der Waals surface area (Å²) in [6.07, 6.45) is 4.01. The predicted octanol–water partition coefficient (Wildman–Crippen LogP) is 0.996. The van der Waals surface area contributed by atoms with E-state index in [4.69, 9.17) is 4.74 Å². The Labute approximate surface area is 83.7 Å². The van der Waals surface area contributed by atoms with Crippen molar-refractivity contribution in [3.8, 4) is 5.88 Å². The molecule has 0 bridgehead atoms. The van der Waals surface area contributed by atoms with Gasteiger partial charge in [0.15, 0.2) is 0 Å². The Kier molecular flexibility index (Phi) is 2.93. The second-order valence-corrected chi connectivity index (χ2v) is 3.68. The standard InChI is InChI=1S/C10H15N3O/c1-8-7-9(4-6-11-8)14-10-3-2-5-12-13-10/h2-3,5,8-9,11H,4,6-7H2,1H3/t8-,9-/m0/s1. The van der Waals surface area contributed by atoms with E-state index in [-0.39, 0.29) is 6.10 Å². The molecule has 4 heteroatoms. The molecular weight excluding hydrogens is 178 g/mol. The van der Waals surface area contributed by atoms with Crippen LogP contribution in [0.5, 0.6) is 5.88 Å². The molecule has 0 aliphatic carbocycles. The Morgan fingerprint density at radius 3 is 3.21 bits per heavy atom. The van der Waals surface area contributed by atoms with Gasteiger partial charge in [-0.25, -0.2) is 0 Å². The summed E-state index contributed by atoms with van der Waals surface area (Å²) in [5.41, 5.74) is 0. The monoisotopic (exact) mass is 193 g/mol. The van der Waals surface area contributed by atoms with E-state index < -0.39 is 0 Å². The average molecular weight is 193 g/mol. The number of hydrogen-bond donors (Lipinski definition) is 1. The van der Waals surface area contributed by atoms with Gasteiger partial charge in [-0.05, 0) is 32.4 Å². The molecular formula is C10H15N3O. The molecule has 1 aromatic heterocycles. The van der Waals surface area contributed by atoms with Crippen molar-refractivity contribution in [3.63, 3.8) is 0 Å². The quantitative estimate of drug-likeness (QED) is 0.761. The highest BCUT2D eigenvalue weighted by Gasteiger charge is 2.19. The van der Waals surface area contributed by atoms with E-state index in [9.17, 15) is 0 Å². The van der Waals surface area contributed by atoms with E-state index in [0.717, 1.165) is 19.4 Å². The molecule has 4 nitrogen and oxygen atoms in total. The Hall–Kier alpha value is -1.16. The summed E-state index contributed by atoms with van der Waals surface area (Å²) in [4.78, 5) is 0. The van der Waals surface area contributed by atoms with Crippen molar-refractivity contribution in [1.82, 2.24) is 15.5 Å². The molecule has 0 unspecified atom stereocenters. The SMILES string of the molecule is C[C@H]1C[C@@H](Oc2cccnn2)CCN1. The number of rotatable bonds is 2. The predicted molar refractivity (Wildman–Crippen MR) is 53.1 cm³/mol. The van der Waals surface area contributed by atoms with Crippen LogP contribution in [0.25, 0.3) is 0 Å². The lowest BCUT2D eigenvalue weighted by molar-refractivity contribution is 0.137. The van der Waals surface area contributed by atoms with E-state index >= 15 is 0 Å². The highest BCUT2D eigenvalue weighted by Crippen LogP contribution is 2.15. The molecule has 14 heavy (non-hydrogen) atoms. The van der Waals surface area contributed by atoms with Crippen LogP contribution in [0.2, 0.25) is 0 Å². The molecule has 1 aromatic rings. The zero-order valence-electron chi connectivity index (χ0n) is 8.31. The minimum atomic E-state index is 0.281. The van der Waals surface area contributed by atoms with Crippen molar-refractivity contribution in [2.75, 3.05) is 6.54 Å². The van der Waals surface area contributed by atoms with Gasteiger partial charge in [-0.2, -0.15) is 5.10 Å². The zero-order valence-corrected chi connectivity index (χ0v) is 8.31. The first-order valence-corrected chi connectivity index (χ1v) is 5.02. The second-order valence-electron chi connectivity index (χ2n) is 3.68. The van der Waals surface area contributed by atoms with Crippen molar-refractivity contribution in [2.45, 2.75) is 31.9 Å². The van der Waals surface area contributed by atoms with Crippen LogP contribution in [-0.2, 0) is 0 Å². The first-order chi connectivity index (χ1) is 6.84. The van der Waals surface area contributed by atoms with Crippen molar-refractivity contribution < 1.29 is 4.74 Å². The Balaban J connectivity index is 1.91. The summed E-state index contributed by atoms with van der Waals surface area (Å²) in [6, 6.07) is 4.22. The molecule has 1 aliphatic heterocycles. The molecule has 1 aliphatic rings. The first kappa shape index (κ1) is 9.40. The lowest BCUT2D eigenvalue weighted by Crippen LogP contribution is -2.40. The lowest BCUT2D eigenvalue weighted by Gasteiger charge is -2.27. The third kappa shape index (κ3) is 2.42. The van der Waals surface area contributed by atoms with Gasteiger partial charge >= 0.3 is 0 Å². The number of piperidine rings is 1. The van der Waals surface area contributed by atoms with Crippen LogP contribution in [-0.4, -0.2) is 28.9 Å². The van der Waals surface area contributed by atoms with Gasteiger partial charge < -0.3 is 10.1 Å². The van der Waals surface area contributed by atoms with Crippen LogP contribution in [0.15, 0.2) is 18.3 Å². The van der Waals surface area contributed by atoms with Crippen LogP contribution in [0.4, 0.5) is 0 Å². The number of aromatic nitrogens is 2. The summed E-state index contributed by atoms with van der Waals surface area (Å²) < 4.78 is 5.71. The molecule has 0 saturated carbocycles. The van der Waals surface area contributed by atoms with E-state index in [2.05, 4.69) is 22.4 Å². The molecule has 1 N–H and O–H groups in total. The van der Waals surface area contributed by atoms with Crippen LogP contribution in [0.1, 0.15) is 19.8 Å². The summed E-state index contributed by atoms with van der Waals surface area (Å²) >= 11 is 0. The summed E-state index contributed by atoms with van der Waals surface area (Å²) in [7, 11) is 0. The molecule has 0 radical (unpaired) electrons. The number of ether oxygens (including phenoxy) is 1. The van der Waals surface area contributed by atoms with Gasteiger partial charge in [-0.1, -0.05) is 0 Å². The maximum Gasteiger partial charge on any atom is 0.233 e. The maximum absolute atomic E-state index is 5.71. The minimum absolute atomic E-state index is 0.281. The van der Waals surface area contributed by atoms with Gasteiger partial charge in [0.25, 0.3) is 0 Å². The second kappa shape index (κ2) is 4.37. The average Bonchev–Trinajstić information content (AvgIpc) is 2.19. The van der Waals surface area contributed by atoms with E-state index in [1.165, 1.54) is 0 Å². The Morgan fingerprint density at radius 2 is 2.50 bits per heavy atom. The van der Waals surface area contributed by atoms with Crippen LogP contribution in [0, 0.1) is 0 Å². The van der Waals surface area contributed by atoms with Gasteiger partial charge in [-0.3, -0.25) is 0 Å². The lowest BCUT2D eigenvalue weighted by atomic mass is 10.0. The fourth-order valence-corrected chi connectivity index (χ4v) is 1.71. The Morgan fingerprint density at radius 1 is 1.57 bits per heavy atom. The summed E-state index contributed by atoms with van der Waals surface area (Å²) in [6.45, 7) is 3.19. The van der Waals surface area contributed by atoms with Crippen LogP contribution >= 0.6 is 0 Å². The van der Waals surface area contributed by atoms with Gasteiger partial charge in [0.05, 0.1) is 0 Å². The zero-order chi connectivity index (χ0) is 9.80. The van der Waals surface area contributed by atoms with Crippen molar-refractivity contribution in [2.24, 2.45) is 0 Å². The van der Waals surface area contributed by atoms with E-state index in [0.29, 0.717) is 11.9 Å². The number of hydrogen-bond acceptors (Lipinski definition) is 4. The highest BCUT2D eigenvalue weighted by molar-refractivity contribution is 5.06. The van der Waals surface area contributed by atoms with Crippen molar-refractivity contribution in [3.05, 3.63) is 18.3 Å². The van der Waals surface area contributed by atoms with Crippen molar-refractivity contribution in [1.29, 1.82) is 0 Å². The molecule has 0 aromatic carbocycles. The molecule has 1 saturated heterocycles. The smallest absolute Gasteiger partial charge is 0.233 e. The largest absolute Gasteiger partial charge is 0.473 e. The Bertz CT molecular complexity index is 278. The molecule has 0 amide bonds. The minimum Gasteiger partial charge on any atom is -0.473 e. The topological polar surface area (TPSA) is 47.0 Å². The molecule has 0 spiro atoms. The van der Waals surface area contributed by atoms with Gasteiger partial charge in [-0.15, -0.1) is 5.10 Å². The molecule has 76 valence electrons. The molecule has 2 atom stereocenters. The van der Waals surface area contributed by atoms with Crippen LogP contribution in [0.3, 0.4) is 0 Å². The molecule has 1 fully saturated rings. The van der Waals surface area contributed by atoms with Crippen molar-refractivity contribution >= 4 is 0 Å². The molecule has 2 heterocycles. The molecule has 2 rings (SSSR count). The van der Waals surface area contributed by atoms with E-state index in [1.807, 2.05) is 12.1 Å². The van der Waals surface area contributed by atoms with Gasteiger partial charge in [0, 0.05) is 18.3 Å². The fourth-order valence-electron chi connectivity index (χ4n) is 1.71. The first-order valence-electron chi connectivity index (χ1n) is 5.02. The maximum atomic E-state index is 5.71. The summed E-state index contributed by atoms with van der Waals surface area (Å²) in [5, 5.41) is 11.1. The highest BCUT2D eigenvalue weighted by atomic mass is 16.5.